The molecule has 0 fully saturated rings. The van der Waals surface area contributed by atoms with Crippen LogP contribution in [0.5, 0.6) is 0 Å². The number of nitrogens with zero attached hydrogens (tertiary/aromatic N) is 4. The summed E-state index contributed by atoms with van der Waals surface area (Å²) in [4.78, 5) is 2.80. The van der Waals surface area contributed by atoms with Crippen molar-refractivity contribution in [3.8, 4) is 22.4 Å². The minimum absolute atomic E-state index is 0.133. The zero-order valence-electron chi connectivity index (χ0n) is 17.8. The number of benzene rings is 2. The molecule has 0 bridgehead atoms. The second-order valence-electron chi connectivity index (χ2n) is 7.26. The number of halogens is 5. The van der Waals surface area contributed by atoms with E-state index in [4.69, 9.17) is 0 Å². The Hall–Kier alpha value is -3.80. The Kier molecular flexibility index (Phi) is 6.57. The molecule has 4 aromatic rings. The van der Waals surface area contributed by atoms with Crippen LogP contribution >= 0.6 is 0 Å². The molecule has 0 saturated carbocycles. The minimum Gasteiger partial charge on any atom is -0.269 e. The van der Waals surface area contributed by atoms with Crippen molar-refractivity contribution in [2.24, 2.45) is 0 Å². The average molecular weight is 507 g/mol. The summed E-state index contributed by atoms with van der Waals surface area (Å²) < 4.78 is 98.4. The first-order valence-electron chi connectivity index (χ1n) is 9.98. The second-order valence-corrected chi connectivity index (χ2v) is 9.09. The first-order chi connectivity index (χ1) is 16.6. The van der Waals surface area contributed by atoms with Crippen LogP contribution in [0.25, 0.3) is 22.4 Å². The highest BCUT2D eigenvalue weighted by Gasteiger charge is 2.30. The molecule has 2 heterocycles. The molecule has 35 heavy (non-hydrogen) atoms. The molecule has 2 aromatic carbocycles. The quantitative estimate of drug-likeness (QED) is 0.326. The van der Waals surface area contributed by atoms with Gasteiger partial charge in [-0.15, -0.1) is 0 Å². The van der Waals surface area contributed by atoms with Crippen molar-refractivity contribution in [2.45, 2.75) is 11.4 Å². The van der Waals surface area contributed by atoms with Crippen LogP contribution in [0.3, 0.4) is 0 Å². The minimum atomic E-state index is -4.88. The molecule has 0 N–H and O–H groups in total. The highest BCUT2D eigenvalue weighted by atomic mass is 32.2. The standard InChI is InChI=1S/C23H16F5N4O2S/c1-31(35(33,34)20-12-15(25)2-3-17(20)26)19-5-4-18(27)21(22(19)28)23-16(13-32(30-23)11-8-24)14-6-9-29-10-7-14/h2-7,9-10,12-13H,1,8,11H2. The van der Waals surface area contributed by atoms with Gasteiger partial charge in [-0.25, -0.2) is 30.4 Å². The number of aryl methyl sites for hydroxylation is 1. The molecular formula is C23H16F5N4O2S. The van der Waals surface area contributed by atoms with Gasteiger partial charge in [0, 0.05) is 24.2 Å². The van der Waals surface area contributed by atoms with Crippen molar-refractivity contribution in [2.75, 3.05) is 11.0 Å². The smallest absolute Gasteiger partial charge is 0.267 e. The van der Waals surface area contributed by atoms with E-state index in [1.807, 2.05) is 0 Å². The summed E-state index contributed by atoms with van der Waals surface area (Å²) in [7, 11) is -1.61. The Morgan fingerprint density at radius 1 is 0.971 bits per heavy atom. The Balaban J connectivity index is 1.89. The van der Waals surface area contributed by atoms with Crippen LogP contribution in [0, 0.1) is 30.3 Å². The van der Waals surface area contributed by atoms with Gasteiger partial charge >= 0.3 is 0 Å². The van der Waals surface area contributed by atoms with Gasteiger partial charge in [0.1, 0.15) is 34.7 Å². The largest absolute Gasteiger partial charge is 0.269 e. The van der Waals surface area contributed by atoms with Crippen molar-refractivity contribution in [1.82, 2.24) is 14.8 Å². The maximum Gasteiger partial charge on any atom is 0.267 e. The zero-order chi connectivity index (χ0) is 25.3. The van der Waals surface area contributed by atoms with E-state index < -0.39 is 56.1 Å². The van der Waals surface area contributed by atoms with Crippen LogP contribution in [0.15, 0.2) is 66.0 Å². The van der Waals surface area contributed by atoms with Gasteiger partial charge < -0.3 is 0 Å². The molecule has 0 aliphatic carbocycles. The first kappa shape index (κ1) is 24.3. The van der Waals surface area contributed by atoms with Gasteiger partial charge in [0.2, 0.25) is 0 Å². The van der Waals surface area contributed by atoms with Crippen LogP contribution in [-0.4, -0.2) is 29.9 Å². The van der Waals surface area contributed by atoms with E-state index in [9.17, 15) is 26.0 Å². The van der Waals surface area contributed by atoms with Crippen LogP contribution < -0.4 is 4.31 Å². The number of hydrogen-bond donors (Lipinski definition) is 0. The summed E-state index contributed by atoms with van der Waals surface area (Å²) in [5, 5.41) is 4.09. The number of hydrogen-bond acceptors (Lipinski definition) is 4. The summed E-state index contributed by atoms with van der Waals surface area (Å²) in [6.45, 7) is -0.998. The topological polar surface area (TPSA) is 68.1 Å². The maximum absolute atomic E-state index is 15.7. The Morgan fingerprint density at radius 3 is 2.34 bits per heavy atom. The van der Waals surface area contributed by atoms with Gasteiger partial charge in [-0.1, -0.05) is 0 Å². The molecule has 12 heteroatoms. The molecular weight excluding hydrogens is 491 g/mol. The van der Waals surface area contributed by atoms with Crippen molar-refractivity contribution in [3.05, 3.63) is 91.4 Å². The molecule has 0 aliphatic rings. The summed E-state index contributed by atoms with van der Waals surface area (Å²) in [6, 6.07) is 6.41. The Bertz CT molecular complexity index is 1490. The van der Waals surface area contributed by atoms with E-state index in [-0.39, 0.29) is 22.1 Å². The van der Waals surface area contributed by atoms with Gasteiger partial charge in [-0.3, -0.25) is 14.0 Å². The molecule has 181 valence electrons. The lowest BCUT2D eigenvalue weighted by Gasteiger charge is -2.21. The fourth-order valence-electron chi connectivity index (χ4n) is 3.42. The second kappa shape index (κ2) is 9.45. The molecule has 6 nitrogen and oxygen atoms in total. The Labute approximate surface area is 197 Å². The molecule has 0 amide bonds. The fraction of sp³-hybridized carbons (Fsp3) is 0.0870. The number of alkyl halides is 1. The van der Waals surface area contributed by atoms with Crippen LogP contribution in [-0.2, 0) is 16.6 Å². The highest BCUT2D eigenvalue weighted by molar-refractivity contribution is 7.92. The summed E-state index contributed by atoms with van der Waals surface area (Å²) in [6.07, 6.45) is 4.26. The lowest BCUT2D eigenvalue weighted by atomic mass is 10.0. The van der Waals surface area contributed by atoms with Gasteiger partial charge in [-0.05, 0) is 48.0 Å². The molecule has 0 spiro atoms. The van der Waals surface area contributed by atoms with Gasteiger partial charge in [0.15, 0.2) is 5.82 Å². The van der Waals surface area contributed by atoms with E-state index in [0.29, 0.717) is 23.8 Å². The van der Waals surface area contributed by atoms with Crippen LogP contribution in [0.2, 0.25) is 0 Å². The van der Waals surface area contributed by atoms with E-state index in [1.54, 1.807) is 12.1 Å². The normalized spacial score (nSPS) is 11.6. The summed E-state index contributed by atoms with van der Waals surface area (Å²) >= 11 is 0. The fourth-order valence-corrected chi connectivity index (χ4v) is 4.64. The lowest BCUT2D eigenvalue weighted by molar-refractivity contribution is 0.427. The summed E-state index contributed by atoms with van der Waals surface area (Å²) in [5.41, 5.74) is -0.999. The van der Waals surface area contributed by atoms with E-state index in [0.717, 1.165) is 16.8 Å². The third kappa shape index (κ3) is 4.48. The maximum atomic E-state index is 15.7. The number of pyridine rings is 1. The third-order valence-electron chi connectivity index (χ3n) is 5.10. The van der Waals surface area contributed by atoms with Crippen molar-refractivity contribution in [3.63, 3.8) is 0 Å². The highest BCUT2D eigenvalue weighted by Crippen LogP contribution is 2.38. The number of sulfonamides is 1. The zero-order valence-corrected chi connectivity index (χ0v) is 18.6. The average Bonchev–Trinajstić information content (AvgIpc) is 3.24. The monoisotopic (exact) mass is 507 g/mol. The van der Waals surface area contributed by atoms with Crippen LogP contribution in [0.1, 0.15) is 0 Å². The predicted octanol–water partition coefficient (Wildman–Crippen LogP) is 5.12. The SMILES string of the molecule is [CH2]N(c1ccc(F)c(-c2nn(CCF)cc2-c2ccncc2)c1F)S(=O)(=O)c1cc(F)ccc1F. The third-order valence-corrected chi connectivity index (χ3v) is 6.75. The first-order valence-corrected chi connectivity index (χ1v) is 11.4. The Morgan fingerprint density at radius 2 is 1.66 bits per heavy atom. The van der Waals surface area contributed by atoms with Crippen molar-refractivity contribution >= 4 is 15.7 Å². The molecule has 4 rings (SSSR count). The number of aromatic nitrogens is 3. The molecule has 0 unspecified atom stereocenters. The molecule has 0 atom stereocenters. The predicted molar refractivity (Wildman–Crippen MR) is 118 cm³/mol. The van der Waals surface area contributed by atoms with E-state index >= 15 is 4.39 Å². The van der Waals surface area contributed by atoms with Crippen molar-refractivity contribution in [1.29, 1.82) is 0 Å². The lowest BCUT2D eigenvalue weighted by Crippen LogP contribution is -2.26. The molecule has 0 aliphatic heterocycles. The van der Waals surface area contributed by atoms with E-state index in [1.165, 1.54) is 18.6 Å². The number of rotatable bonds is 7. The molecule has 0 saturated heterocycles. The van der Waals surface area contributed by atoms with Crippen molar-refractivity contribution < 1.29 is 30.4 Å². The van der Waals surface area contributed by atoms with E-state index in [2.05, 4.69) is 17.1 Å². The molecule has 2 aromatic heterocycles. The van der Waals surface area contributed by atoms with Crippen LogP contribution in [0.4, 0.5) is 27.6 Å². The number of anilines is 1. The van der Waals surface area contributed by atoms with Gasteiger partial charge in [0.25, 0.3) is 10.0 Å². The van der Waals surface area contributed by atoms with Gasteiger partial charge in [-0.2, -0.15) is 5.10 Å². The van der Waals surface area contributed by atoms with Gasteiger partial charge in [0.05, 0.1) is 24.8 Å². The summed E-state index contributed by atoms with van der Waals surface area (Å²) in [5.74, 6) is -4.79. The molecule has 1 radical (unpaired) electrons.